The van der Waals surface area contributed by atoms with Gasteiger partial charge in [0, 0.05) is 36.0 Å². The number of rotatable bonds is 4. The maximum Gasteiger partial charge on any atom is 0.332 e. The molecular formula is C13H11Cl2F2N3NaO4S. The first-order chi connectivity index (χ1) is 11.6. The van der Waals surface area contributed by atoms with Crippen molar-refractivity contribution in [2.75, 3.05) is 21.4 Å². The smallest absolute Gasteiger partial charge is 0.309 e. The summed E-state index contributed by atoms with van der Waals surface area (Å²) in [6.07, 6.45) is -1.48. The Kier molecular flexibility index (Phi) is 6.46. The topological polar surface area (TPSA) is 86.8 Å². The van der Waals surface area contributed by atoms with Gasteiger partial charge in [0.2, 0.25) is 10.0 Å². The van der Waals surface area contributed by atoms with Gasteiger partial charge in [-0.2, -0.15) is 0 Å². The molecule has 3 amide bonds. The summed E-state index contributed by atoms with van der Waals surface area (Å²) in [6, 6.07) is -0.180. The van der Waals surface area contributed by atoms with Crippen molar-refractivity contribution in [2.24, 2.45) is 0 Å². The summed E-state index contributed by atoms with van der Waals surface area (Å²) < 4.78 is 52.8. The van der Waals surface area contributed by atoms with Gasteiger partial charge in [-0.05, 0) is 12.1 Å². The van der Waals surface area contributed by atoms with Gasteiger partial charge in [0.1, 0.15) is 23.2 Å². The van der Waals surface area contributed by atoms with Crippen LogP contribution in [0.5, 0.6) is 0 Å². The van der Waals surface area contributed by atoms with Crippen molar-refractivity contribution in [1.29, 1.82) is 0 Å². The first kappa shape index (κ1) is 21.6. The molecule has 1 aromatic carbocycles. The van der Waals surface area contributed by atoms with Crippen LogP contribution in [0.3, 0.4) is 0 Å². The molecule has 2 aliphatic heterocycles. The van der Waals surface area contributed by atoms with Crippen LogP contribution in [0.25, 0.3) is 0 Å². The van der Waals surface area contributed by atoms with Crippen molar-refractivity contribution in [1.82, 2.24) is 4.90 Å². The number of nitrogens with zero attached hydrogens (tertiary/aromatic N) is 2. The van der Waals surface area contributed by atoms with Gasteiger partial charge in [0.15, 0.2) is 0 Å². The molecule has 0 saturated carbocycles. The Balaban J connectivity index is 0.00000243. The molecule has 1 N–H and O–H groups in total. The summed E-state index contributed by atoms with van der Waals surface area (Å²) in [5.74, 6) is -1.78. The molecule has 2 heterocycles. The number of carbonyl (C=O) groups is 2. The van der Waals surface area contributed by atoms with E-state index in [9.17, 15) is 26.8 Å². The number of hydrogen-bond donors (Lipinski definition) is 1. The van der Waals surface area contributed by atoms with E-state index in [0.717, 1.165) is 17.0 Å². The van der Waals surface area contributed by atoms with Crippen molar-refractivity contribution >= 4 is 86.1 Å². The molecule has 2 unspecified atom stereocenters. The van der Waals surface area contributed by atoms with E-state index in [4.69, 9.17) is 23.2 Å². The normalized spacial score (nSPS) is 22.5. The summed E-state index contributed by atoms with van der Waals surface area (Å²) >= 11 is 11.1. The Bertz CT molecular complexity index is 849. The molecule has 26 heavy (non-hydrogen) atoms. The number of hydrogen-bond acceptors (Lipinski definition) is 4. The average molecular weight is 437 g/mol. The zero-order chi connectivity index (χ0) is 18.5. The standard InChI is InChI=1S/C13H11Cl2F2N3O4S.Na/c14-5-25(23,24)18-9-3-10(8(17)2-7(9)15)20-12(21)11-1-6(16)4-19(11)13(20)22;/h2-3,6,11,18H,1,4-5H2;. The molecule has 0 aromatic heterocycles. The molecule has 3 rings (SSSR count). The molecule has 2 aliphatic rings. The largest absolute Gasteiger partial charge is 0.332 e. The van der Waals surface area contributed by atoms with Gasteiger partial charge >= 0.3 is 6.03 Å². The summed E-state index contributed by atoms with van der Waals surface area (Å²) in [5.41, 5.74) is -0.716. The quantitative estimate of drug-likeness (QED) is 0.443. The summed E-state index contributed by atoms with van der Waals surface area (Å²) in [7, 11) is -3.94. The number of sulfonamides is 1. The molecule has 0 bridgehead atoms. The number of alkyl halides is 2. The van der Waals surface area contributed by atoms with Crippen LogP contribution in [-0.2, 0) is 14.8 Å². The predicted octanol–water partition coefficient (Wildman–Crippen LogP) is 1.92. The minimum Gasteiger partial charge on any atom is -0.309 e. The number of anilines is 2. The van der Waals surface area contributed by atoms with Gasteiger partial charge in [-0.25, -0.2) is 26.9 Å². The number of urea groups is 1. The molecular weight excluding hydrogens is 426 g/mol. The third kappa shape index (κ3) is 3.81. The van der Waals surface area contributed by atoms with Gasteiger partial charge in [0.25, 0.3) is 5.91 Å². The molecule has 1 radical (unpaired) electrons. The van der Waals surface area contributed by atoms with E-state index in [1.807, 2.05) is 4.72 Å². The number of benzene rings is 1. The van der Waals surface area contributed by atoms with Gasteiger partial charge in [0.05, 0.1) is 22.9 Å². The Morgan fingerprint density at radius 1 is 1.31 bits per heavy atom. The van der Waals surface area contributed by atoms with E-state index in [0.29, 0.717) is 4.90 Å². The fraction of sp³-hybridized carbons (Fsp3) is 0.385. The van der Waals surface area contributed by atoms with Crippen LogP contribution >= 0.6 is 23.2 Å². The minimum atomic E-state index is -3.94. The number of carbonyl (C=O) groups excluding carboxylic acids is 2. The van der Waals surface area contributed by atoms with Crippen molar-refractivity contribution in [3.05, 3.63) is 23.0 Å². The monoisotopic (exact) mass is 436 g/mol. The second kappa shape index (κ2) is 7.76. The summed E-state index contributed by atoms with van der Waals surface area (Å²) in [4.78, 5) is 26.3. The second-order valence-corrected chi connectivity index (χ2v) is 8.28. The Morgan fingerprint density at radius 3 is 2.54 bits per heavy atom. The Labute approximate surface area is 179 Å². The van der Waals surface area contributed by atoms with Crippen LogP contribution in [0.15, 0.2) is 12.1 Å². The van der Waals surface area contributed by atoms with Crippen molar-refractivity contribution in [3.63, 3.8) is 0 Å². The van der Waals surface area contributed by atoms with Gasteiger partial charge in [-0.15, -0.1) is 11.6 Å². The Morgan fingerprint density at radius 2 is 1.96 bits per heavy atom. The van der Waals surface area contributed by atoms with Crippen molar-refractivity contribution in [2.45, 2.75) is 18.6 Å². The van der Waals surface area contributed by atoms with Crippen LogP contribution in [0.2, 0.25) is 5.02 Å². The SMILES string of the molecule is O=C1C2CC(F)CN2C(=O)N1c1cc(NS(=O)(=O)CCl)c(Cl)cc1F.[Na]. The van der Waals surface area contributed by atoms with Crippen LogP contribution in [-0.4, -0.2) is 78.8 Å². The number of imide groups is 1. The molecule has 13 heteroatoms. The first-order valence-corrected chi connectivity index (χ1v) is 9.55. The summed E-state index contributed by atoms with van der Waals surface area (Å²) in [5, 5.41) is -1.05. The van der Waals surface area contributed by atoms with E-state index in [1.54, 1.807) is 0 Å². The van der Waals surface area contributed by atoms with Crippen LogP contribution < -0.4 is 9.62 Å². The maximum absolute atomic E-state index is 14.3. The van der Waals surface area contributed by atoms with E-state index in [2.05, 4.69) is 0 Å². The van der Waals surface area contributed by atoms with E-state index >= 15 is 0 Å². The molecule has 2 saturated heterocycles. The summed E-state index contributed by atoms with van der Waals surface area (Å²) in [6.45, 7) is -0.257. The van der Waals surface area contributed by atoms with Gasteiger partial charge in [-0.1, -0.05) is 11.6 Å². The molecule has 137 valence electrons. The van der Waals surface area contributed by atoms with Crippen LogP contribution in [0, 0.1) is 5.82 Å². The zero-order valence-electron chi connectivity index (χ0n) is 13.4. The molecule has 2 fully saturated rings. The molecule has 0 spiro atoms. The second-order valence-electron chi connectivity index (χ2n) is 5.57. The van der Waals surface area contributed by atoms with E-state index in [1.165, 1.54) is 0 Å². The van der Waals surface area contributed by atoms with Crippen LogP contribution in [0.4, 0.5) is 25.0 Å². The predicted molar refractivity (Wildman–Crippen MR) is 93.3 cm³/mol. The number of halogens is 4. The fourth-order valence-corrected chi connectivity index (χ4v) is 3.78. The average Bonchev–Trinajstić information content (AvgIpc) is 3.01. The number of fused-ring (bicyclic) bond motifs is 1. The first-order valence-electron chi connectivity index (χ1n) is 6.98. The van der Waals surface area contributed by atoms with Gasteiger partial charge in [-0.3, -0.25) is 9.52 Å². The van der Waals surface area contributed by atoms with E-state index in [-0.39, 0.29) is 53.2 Å². The Hall–Kier alpha value is -0.650. The van der Waals surface area contributed by atoms with E-state index < -0.39 is 50.9 Å². The number of nitrogens with one attached hydrogen (secondary N) is 1. The maximum atomic E-state index is 14.3. The third-order valence-electron chi connectivity index (χ3n) is 3.88. The van der Waals surface area contributed by atoms with Crippen molar-refractivity contribution in [3.8, 4) is 0 Å². The molecule has 2 atom stereocenters. The zero-order valence-corrected chi connectivity index (χ0v) is 17.7. The fourth-order valence-electron chi connectivity index (χ4n) is 2.81. The van der Waals surface area contributed by atoms with Crippen LogP contribution in [0.1, 0.15) is 6.42 Å². The number of amides is 3. The molecule has 7 nitrogen and oxygen atoms in total. The third-order valence-corrected chi connectivity index (χ3v) is 5.87. The molecule has 1 aromatic rings. The van der Waals surface area contributed by atoms with Crippen molar-refractivity contribution < 1.29 is 26.8 Å². The minimum absolute atomic E-state index is 0. The van der Waals surface area contributed by atoms with Gasteiger partial charge < -0.3 is 4.90 Å². The molecule has 0 aliphatic carbocycles.